The van der Waals surface area contributed by atoms with E-state index in [-0.39, 0.29) is 17.6 Å². The minimum Gasteiger partial charge on any atom is -0.310 e. The zero-order valence-corrected chi connectivity index (χ0v) is 16.6. The largest absolute Gasteiger partial charge is 0.310 e. The van der Waals surface area contributed by atoms with Crippen LogP contribution in [0.5, 0.6) is 0 Å². The molecule has 1 amide bonds. The molecule has 0 saturated carbocycles. The van der Waals surface area contributed by atoms with E-state index >= 15 is 0 Å². The zero-order valence-electron chi connectivity index (χ0n) is 15.8. The molecule has 3 aromatic rings. The van der Waals surface area contributed by atoms with E-state index in [9.17, 15) is 4.79 Å². The van der Waals surface area contributed by atoms with Gasteiger partial charge in [-0.2, -0.15) is 5.26 Å². The number of nitrogens with zero attached hydrogens (tertiary/aromatic N) is 5. The second kappa shape index (κ2) is 9.20. The number of hydrogen-bond donors (Lipinski definition) is 0. The van der Waals surface area contributed by atoms with E-state index in [0.717, 1.165) is 17.1 Å². The number of carbonyl (C=O) groups excluding carboxylic acids is 1. The molecule has 0 bridgehead atoms. The quantitative estimate of drug-likeness (QED) is 0.571. The lowest BCUT2D eigenvalue weighted by Gasteiger charge is -2.24. The van der Waals surface area contributed by atoms with Crippen LogP contribution >= 0.6 is 11.8 Å². The fourth-order valence-electron chi connectivity index (χ4n) is 2.82. The lowest BCUT2D eigenvalue weighted by molar-refractivity contribution is -0.117. The molecule has 0 fully saturated rings. The molecule has 0 aliphatic carbocycles. The van der Waals surface area contributed by atoms with Gasteiger partial charge in [0.15, 0.2) is 11.0 Å². The first kappa shape index (κ1) is 19.6. The fraction of sp³-hybridized carbons (Fsp3) is 0.238. The summed E-state index contributed by atoms with van der Waals surface area (Å²) < 4.78 is 1.89. The second-order valence-electron chi connectivity index (χ2n) is 6.22. The van der Waals surface area contributed by atoms with Gasteiger partial charge in [0.25, 0.3) is 0 Å². The lowest BCUT2D eigenvalue weighted by Crippen LogP contribution is -2.37. The molecule has 0 saturated heterocycles. The number of nitriles is 1. The van der Waals surface area contributed by atoms with Crippen molar-refractivity contribution in [2.75, 3.05) is 11.4 Å². The van der Waals surface area contributed by atoms with Crippen molar-refractivity contribution in [3.05, 3.63) is 60.7 Å². The van der Waals surface area contributed by atoms with Crippen LogP contribution in [0.4, 0.5) is 5.69 Å². The molecule has 1 atom stereocenters. The molecule has 1 unspecified atom stereocenters. The van der Waals surface area contributed by atoms with E-state index in [4.69, 9.17) is 5.26 Å². The number of carbonyl (C=O) groups is 1. The van der Waals surface area contributed by atoms with Gasteiger partial charge in [0, 0.05) is 24.8 Å². The van der Waals surface area contributed by atoms with Crippen molar-refractivity contribution in [3.63, 3.8) is 0 Å². The summed E-state index contributed by atoms with van der Waals surface area (Å²) >= 11 is 1.37. The maximum Gasteiger partial charge on any atom is 0.240 e. The van der Waals surface area contributed by atoms with E-state index in [1.165, 1.54) is 11.8 Å². The van der Waals surface area contributed by atoms with Crippen molar-refractivity contribution in [2.24, 2.45) is 7.05 Å². The Morgan fingerprint density at radius 3 is 2.43 bits per heavy atom. The molecule has 28 heavy (non-hydrogen) atoms. The molecule has 0 N–H and O–H groups in total. The average molecular weight is 392 g/mol. The van der Waals surface area contributed by atoms with Crippen LogP contribution in [-0.4, -0.2) is 32.5 Å². The van der Waals surface area contributed by atoms with Crippen molar-refractivity contribution in [2.45, 2.75) is 23.8 Å². The lowest BCUT2D eigenvalue weighted by atomic mass is 10.2. The van der Waals surface area contributed by atoms with Crippen LogP contribution in [-0.2, 0) is 11.8 Å². The Balaban J connectivity index is 1.78. The van der Waals surface area contributed by atoms with Crippen LogP contribution in [0.3, 0.4) is 0 Å². The molecule has 1 heterocycles. The van der Waals surface area contributed by atoms with Gasteiger partial charge in [-0.25, -0.2) is 0 Å². The highest BCUT2D eigenvalue weighted by atomic mass is 32.2. The molecular formula is C21H21N5OS. The number of benzene rings is 2. The minimum absolute atomic E-state index is 0.0595. The summed E-state index contributed by atoms with van der Waals surface area (Å²) in [6.45, 7) is 2.21. The maximum atomic E-state index is 13.1. The van der Waals surface area contributed by atoms with E-state index < -0.39 is 0 Å². The Bertz CT molecular complexity index is 965. The number of thioether (sulfide) groups is 1. The van der Waals surface area contributed by atoms with Crippen LogP contribution in [0.1, 0.15) is 13.3 Å². The summed E-state index contributed by atoms with van der Waals surface area (Å²) in [5.74, 6) is 0.697. The monoisotopic (exact) mass is 391 g/mol. The van der Waals surface area contributed by atoms with E-state index in [2.05, 4.69) is 16.3 Å². The van der Waals surface area contributed by atoms with Gasteiger partial charge in [-0.1, -0.05) is 60.3 Å². The number of hydrogen-bond acceptors (Lipinski definition) is 5. The highest BCUT2D eigenvalue weighted by Crippen LogP contribution is 2.27. The Hall–Kier alpha value is -3.11. The summed E-state index contributed by atoms with van der Waals surface area (Å²) in [7, 11) is 1.90. The summed E-state index contributed by atoms with van der Waals surface area (Å²) in [6.07, 6.45) is 0.278. The normalized spacial score (nSPS) is 11.6. The molecule has 0 aliphatic rings. The van der Waals surface area contributed by atoms with Crippen molar-refractivity contribution in [1.82, 2.24) is 14.8 Å². The van der Waals surface area contributed by atoms with Crippen molar-refractivity contribution in [3.8, 4) is 17.5 Å². The smallest absolute Gasteiger partial charge is 0.240 e. The molecule has 0 spiro atoms. The molecule has 6 nitrogen and oxygen atoms in total. The highest BCUT2D eigenvalue weighted by Gasteiger charge is 2.25. The van der Waals surface area contributed by atoms with E-state index in [0.29, 0.717) is 11.7 Å². The first-order chi connectivity index (χ1) is 13.6. The predicted octanol–water partition coefficient (Wildman–Crippen LogP) is 3.91. The third-order valence-corrected chi connectivity index (χ3v) is 5.40. The van der Waals surface area contributed by atoms with Gasteiger partial charge in [0.05, 0.1) is 17.7 Å². The Morgan fingerprint density at radius 1 is 1.14 bits per heavy atom. The molecule has 2 aromatic carbocycles. The summed E-state index contributed by atoms with van der Waals surface area (Å²) in [5.41, 5.74) is 1.77. The topological polar surface area (TPSA) is 74.8 Å². The number of anilines is 1. The first-order valence-corrected chi connectivity index (χ1v) is 9.84. The number of amides is 1. The number of aromatic nitrogens is 3. The van der Waals surface area contributed by atoms with E-state index in [1.807, 2.05) is 79.2 Å². The first-order valence-electron chi connectivity index (χ1n) is 8.96. The van der Waals surface area contributed by atoms with Crippen LogP contribution in [0.2, 0.25) is 0 Å². The van der Waals surface area contributed by atoms with Crippen molar-refractivity contribution >= 4 is 23.4 Å². The van der Waals surface area contributed by atoms with Crippen LogP contribution in [0.25, 0.3) is 11.4 Å². The average Bonchev–Trinajstić information content (AvgIpc) is 3.09. The molecule has 3 rings (SSSR count). The zero-order chi connectivity index (χ0) is 19.9. The van der Waals surface area contributed by atoms with Gasteiger partial charge in [0.2, 0.25) is 5.91 Å². The molecule has 1 aromatic heterocycles. The van der Waals surface area contributed by atoms with E-state index in [1.54, 1.807) is 4.90 Å². The Labute approximate surface area is 168 Å². The molecule has 142 valence electrons. The Morgan fingerprint density at radius 2 is 1.79 bits per heavy atom. The van der Waals surface area contributed by atoms with Gasteiger partial charge >= 0.3 is 0 Å². The maximum absolute atomic E-state index is 13.1. The van der Waals surface area contributed by atoms with Crippen LogP contribution in [0.15, 0.2) is 65.8 Å². The SMILES string of the molecule is CC(Sc1nnc(-c2ccccc2)n1C)C(=O)N(CCC#N)c1ccccc1. The third-order valence-electron chi connectivity index (χ3n) is 4.28. The molecular weight excluding hydrogens is 370 g/mol. The van der Waals surface area contributed by atoms with Gasteiger partial charge in [0.1, 0.15) is 0 Å². The predicted molar refractivity (Wildman–Crippen MR) is 111 cm³/mol. The number of para-hydroxylation sites is 1. The highest BCUT2D eigenvalue weighted by molar-refractivity contribution is 8.00. The molecule has 7 heteroatoms. The molecule has 0 radical (unpaired) electrons. The second-order valence-corrected chi connectivity index (χ2v) is 7.53. The van der Waals surface area contributed by atoms with Crippen molar-refractivity contribution in [1.29, 1.82) is 5.26 Å². The minimum atomic E-state index is -0.370. The van der Waals surface area contributed by atoms with Crippen LogP contribution < -0.4 is 4.90 Å². The molecule has 0 aliphatic heterocycles. The van der Waals surface area contributed by atoms with Crippen molar-refractivity contribution < 1.29 is 4.79 Å². The van der Waals surface area contributed by atoms with Gasteiger partial charge in [-0.3, -0.25) is 4.79 Å². The van der Waals surface area contributed by atoms with Gasteiger partial charge in [-0.05, 0) is 19.1 Å². The Kier molecular flexibility index (Phi) is 6.45. The standard InChI is InChI=1S/C21H21N5OS/c1-16(20(27)26(15-9-14-22)18-12-7-4-8-13-18)28-21-24-23-19(25(21)2)17-10-5-3-6-11-17/h3-8,10-13,16H,9,15H2,1-2H3. The fourth-order valence-corrected chi connectivity index (χ4v) is 3.70. The number of rotatable bonds is 7. The van der Waals surface area contributed by atoms with Crippen LogP contribution in [0, 0.1) is 11.3 Å². The van der Waals surface area contributed by atoms with Gasteiger partial charge in [-0.15, -0.1) is 10.2 Å². The summed E-state index contributed by atoms with van der Waals surface area (Å²) in [5, 5.41) is 17.8. The summed E-state index contributed by atoms with van der Waals surface area (Å²) in [4.78, 5) is 14.7. The van der Waals surface area contributed by atoms with Gasteiger partial charge < -0.3 is 9.47 Å². The third kappa shape index (κ3) is 4.41. The summed E-state index contributed by atoms with van der Waals surface area (Å²) in [6, 6.07) is 21.4.